The van der Waals surface area contributed by atoms with Gasteiger partial charge in [-0.05, 0) is 0 Å². The van der Waals surface area contributed by atoms with Crippen molar-refractivity contribution in [2.75, 3.05) is 14.2 Å². The number of ether oxygens (including phenoxy) is 2. The molecule has 0 bridgehead atoms. The van der Waals surface area contributed by atoms with Gasteiger partial charge < -0.3 is 15.2 Å². The Hall–Kier alpha value is -1.52. The summed E-state index contributed by atoms with van der Waals surface area (Å²) in [6.45, 7) is 0. The van der Waals surface area contributed by atoms with Gasteiger partial charge in [0.25, 0.3) is 0 Å². The number of carbonyl (C=O) groups is 2. The molecule has 0 aliphatic carbocycles. The van der Waals surface area contributed by atoms with Crippen LogP contribution in [0.1, 0.15) is 0 Å². The van der Waals surface area contributed by atoms with Gasteiger partial charge in [0, 0.05) is 0 Å². The summed E-state index contributed by atoms with van der Waals surface area (Å²) >= 11 is 0. The van der Waals surface area contributed by atoms with E-state index in [2.05, 4.69) is 9.47 Å². The van der Waals surface area contributed by atoms with Crippen molar-refractivity contribution < 1.29 is 19.1 Å². The minimum atomic E-state index is -0.754. The first-order chi connectivity index (χ1) is 5.11. The van der Waals surface area contributed by atoms with Crippen molar-refractivity contribution in [3.8, 4) is 0 Å². The number of hydrogen-bond acceptors (Lipinski definition) is 5. The third kappa shape index (κ3) is 3.24. The molecule has 0 unspecified atom stereocenters. The normalized spacial score (nSPS) is 10.5. The van der Waals surface area contributed by atoms with Crippen LogP contribution >= 0.6 is 0 Å². The van der Waals surface area contributed by atoms with E-state index in [1.807, 2.05) is 0 Å². The minimum Gasteiger partial charge on any atom is -0.466 e. The molecule has 0 saturated heterocycles. The standard InChI is InChI=1S/C6H9NO4/c1-10-5(8)3-4(7)6(9)11-2/h3H,7H2,1-2H3/b4-3-. The van der Waals surface area contributed by atoms with Gasteiger partial charge in [-0.25, -0.2) is 9.59 Å². The quantitative estimate of drug-likeness (QED) is 0.420. The van der Waals surface area contributed by atoms with Gasteiger partial charge in [0.05, 0.1) is 20.3 Å². The molecule has 5 heteroatoms. The molecule has 5 nitrogen and oxygen atoms in total. The third-order valence-electron chi connectivity index (χ3n) is 0.896. The van der Waals surface area contributed by atoms with E-state index >= 15 is 0 Å². The number of nitrogens with two attached hydrogens (primary N) is 1. The van der Waals surface area contributed by atoms with Crippen molar-refractivity contribution in [2.45, 2.75) is 0 Å². The smallest absolute Gasteiger partial charge is 0.354 e. The lowest BCUT2D eigenvalue weighted by Crippen LogP contribution is -2.15. The van der Waals surface area contributed by atoms with Crippen LogP contribution in [-0.2, 0) is 19.1 Å². The Morgan fingerprint density at radius 1 is 1.27 bits per heavy atom. The van der Waals surface area contributed by atoms with E-state index in [9.17, 15) is 9.59 Å². The van der Waals surface area contributed by atoms with E-state index in [0.29, 0.717) is 0 Å². The zero-order chi connectivity index (χ0) is 8.85. The van der Waals surface area contributed by atoms with Crippen LogP contribution in [0, 0.1) is 0 Å². The number of carbonyl (C=O) groups excluding carboxylic acids is 2. The molecule has 0 rings (SSSR count). The topological polar surface area (TPSA) is 78.6 Å². The first-order valence-corrected chi connectivity index (χ1v) is 2.75. The molecule has 0 amide bonds. The molecule has 0 aromatic rings. The average Bonchev–Trinajstić information content (AvgIpc) is 2.02. The monoisotopic (exact) mass is 159 g/mol. The van der Waals surface area contributed by atoms with Crippen LogP contribution in [0.2, 0.25) is 0 Å². The molecule has 0 aliphatic heterocycles. The van der Waals surface area contributed by atoms with Crippen molar-refractivity contribution >= 4 is 11.9 Å². The first-order valence-electron chi connectivity index (χ1n) is 2.75. The fraction of sp³-hybridized carbons (Fsp3) is 0.333. The van der Waals surface area contributed by atoms with E-state index < -0.39 is 11.9 Å². The fourth-order valence-corrected chi connectivity index (χ4v) is 0.363. The second-order valence-electron chi connectivity index (χ2n) is 1.61. The third-order valence-corrected chi connectivity index (χ3v) is 0.896. The molecule has 0 radical (unpaired) electrons. The van der Waals surface area contributed by atoms with Crippen molar-refractivity contribution in [2.24, 2.45) is 5.73 Å². The lowest BCUT2D eigenvalue weighted by molar-refractivity contribution is -0.138. The number of methoxy groups -OCH3 is 2. The lowest BCUT2D eigenvalue weighted by Gasteiger charge is -1.96. The van der Waals surface area contributed by atoms with E-state index in [-0.39, 0.29) is 5.70 Å². The number of hydrogen-bond donors (Lipinski definition) is 1. The zero-order valence-electron chi connectivity index (χ0n) is 6.29. The molecule has 0 fully saturated rings. The molecule has 0 saturated carbocycles. The van der Waals surface area contributed by atoms with Crippen LogP contribution in [0.15, 0.2) is 11.8 Å². The number of rotatable bonds is 2. The van der Waals surface area contributed by atoms with Crippen molar-refractivity contribution in [3.05, 3.63) is 11.8 Å². The maximum absolute atomic E-state index is 10.5. The first kappa shape index (κ1) is 9.48. The maximum Gasteiger partial charge on any atom is 0.354 e. The SMILES string of the molecule is COC(=O)/C=C(\N)C(=O)OC. The van der Waals surface area contributed by atoms with Gasteiger partial charge in [-0.2, -0.15) is 0 Å². The highest BCUT2D eigenvalue weighted by Crippen LogP contribution is 1.88. The van der Waals surface area contributed by atoms with E-state index in [0.717, 1.165) is 6.08 Å². The highest BCUT2D eigenvalue weighted by molar-refractivity contribution is 5.95. The van der Waals surface area contributed by atoms with Crippen molar-refractivity contribution in [1.82, 2.24) is 0 Å². The summed E-state index contributed by atoms with van der Waals surface area (Å²) in [5.74, 6) is -1.44. The summed E-state index contributed by atoms with van der Waals surface area (Å²) in [5.41, 5.74) is 4.81. The summed E-state index contributed by atoms with van der Waals surface area (Å²) in [4.78, 5) is 21.0. The van der Waals surface area contributed by atoms with Crippen LogP contribution in [0.4, 0.5) is 0 Å². The molecule has 62 valence electrons. The molecule has 0 aromatic heterocycles. The molecule has 0 aliphatic rings. The molecule has 2 N–H and O–H groups in total. The van der Waals surface area contributed by atoms with Crippen molar-refractivity contribution in [1.29, 1.82) is 0 Å². The molecule has 11 heavy (non-hydrogen) atoms. The van der Waals surface area contributed by atoms with Gasteiger partial charge in [-0.15, -0.1) is 0 Å². The highest BCUT2D eigenvalue weighted by atomic mass is 16.5. The van der Waals surface area contributed by atoms with Gasteiger partial charge in [0.2, 0.25) is 0 Å². The van der Waals surface area contributed by atoms with E-state index in [1.54, 1.807) is 0 Å². The van der Waals surface area contributed by atoms with Gasteiger partial charge in [-0.3, -0.25) is 0 Å². The van der Waals surface area contributed by atoms with Gasteiger partial charge in [0.1, 0.15) is 5.70 Å². The summed E-state index contributed by atoms with van der Waals surface area (Å²) in [6.07, 6.45) is 0.853. The second kappa shape index (κ2) is 4.32. The van der Waals surface area contributed by atoms with Crippen LogP contribution in [0.3, 0.4) is 0 Å². The Morgan fingerprint density at radius 2 is 1.82 bits per heavy atom. The van der Waals surface area contributed by atoms with E-state index in [4.69, 9.17) is 5.73 Å². The average molecular weight is 159 g/mol. The number of esters is 2. The minimum absolute atomic E-state index is 0.278. The Labute approximate surface area is 63.8 Å². The zero-order valence-corrected chi connectivity index (χ0v) is 6.29. The van der Waals surface area contributed by atoms with Gasteiger partial charge >= 0.3 is 11.9 Å². The second-order valence-corrected chi connectivity index (χ2v) is 1.61. The van der Waals surface area contributed by atoms with Gasteiger partial charge in [0.15, 0.2) is 0 Å². The predicted molar refractivity (Wildman–Crippen MR) is 36.3 cm³/mol. The maximum atomic E-state index is 10.5. The lowest BCUT2D eigenvalue weighted by atomic mass is 10.4. The Morgan fingerprint density at radius 3 is 2.18 bits per heavy atom. The summed E-state index contributed by atoms with van der Waals surface area (Å²) in [5, 5.41) is 0. The van der Waals surface area contributed by atoms with Crippen LogP contribution in [0.25, 0.3) is 0 Å². The Bertz CT molecular complexity index is 197. The Balaban J connectivity index is 4.21. The van der Waals surface area contributed by atoms with E-state index in [1.165, 1.54) is 14.2 Å². The molecule has 0 heterocycles. The fourth-order valence-electron chi connectivity index (χ4n) is 0.363. The summed E-state index contributed by atoms with van der Waals surface area (Å²) < 4.78 is 8.43. The predicted octanol–water partition coefficient (Wildman–Crippen LogP) is -0.825. The van der Waals surface area contributed by atoms with Crippen LogP contribution in [-0.4, -0.2) is 26.2 Å². The Kier molecular flexibility index (Phi) is 3.72. The highest BCUT2D eigenvalue weighted by Gasteiger charge is 2.06. The largest absolute Gasteiger partial charge is 0.466 e. The van der Waals surface area contributed by atoms with Crippen LogP contribution < -0.4 is 5.73 Å². The summed E-state index contributed by atoms with van der Waals surface area (Å²) in [6, 6.07) is 0. The molecular weight excluding hydrogens is 150 g/mol. The van der Waals surface area contributed by atoms with Crippen molar-refractivity contribution in [3.63, 3.8) is 0 Å². The molecular formula is C6H9NO4. The summed E-state index contributed by atoms with van der Waals surface area (Å²) in [7, 11) is 2.35. The van der Waals surface area contributed by atoms with Gasteiger partial charge in [-0.1, -0.05) is 0 Å². The van der Waals surface area contributed by atoms with Crippen LogP contribution in [0.5, 0.6) is 0 Å². The molecule has 0 spiro atoms. The molecule has 0 atom stereocenters. The molecule has 0 aromatic carbocycles.